The van der Waals surface area contributed by atoms with Crippen LogP contribution in [0, 0.1) is 5.41 Å². The Kier molecular flexibility index (Phi) is 3.59. The Balaban J connectivity index is 2.13. The number of nitrogens with zero attached hydrogens (tertiary/aromatic N) is 3. The molecule has 0 spiro atoms. The predicted molar refractivity (Wildman–Crippen MR) is 68.8 cm³/mol. The second kappa shape index (κ2) is 5.03. The minimum absolute atomic E-state index is 0.181. The molecule has 1 aromatic rings. The second-order valence-corrected chi connectivity index (χ2v) is 5.25. The van der Waals surface area contributed by atoms with Gasteiger partial charge in [-0.25, -0.2) is 0 Å². The Bertz CT molecular complexity index is 497. The molecule has 0 saturated carbocycles. The van der Waals surface area contributed by atoms with Crippen LogP contribution in [0.25, 0.3) is 0 Å². The van der Waals surface area contributed by atoms with Crippen LogP contribution in [0.5, 0.6) is 0 Å². The molecule has 6 nitrogen and oxygen atoms in total. The molecule has 104 valence electrons. The molecule has 0 aromatic carbocycles. The zero-order chi connectivity index (χ0) is 14.0. The molecular weight excluding hydrogens is 246 g/mol. The van der Waals surface area contributed by atoms with Crippen LogP contribution in [0.4, 0.5) is 0 Å². The van der Waals surface area contributed by atoms with Crippen molar-refractivity contribution in [2.45, 2.75) is 33.2 Å². The van der Waals surface area contributed by atoms with E-state index in [4.69, 9.17) is 0 Å². The van der Waals surface area contributed by atoms with E-state index >= 15 is 0 Å². The van der Waals surface area contributed by atoms with Gasteiger partial charge in [-0.15, -0.1) is 0 Å². The van der Waals surface area contributed by atoms with Crippen molar-refractivity contribution < 1.29 is 14.7 Å². The van der Waals surface area contributed by atoms with Gasteiger partial charge in [0.05, 0.1) is 5.41 Å². The fourth-order valence-electron chi connectivity index (χ4n) is 2.40. The zero-order valence-corrected chi connectivity index (χ0v) is 11.3. The summed E-state index contributed by atoms with van der Waals surface area (Å²) in [5.74, 6) is -1.02. The van der Waals surface area contributed by atoms with E-state index in [1.807, 2.05) is 6.92 Å². The Labute approximate surface area is 112 Å². The molecule has 1 atom stereocenters. The van der Waals surface area contributed by atoms with Crippen molar-refractivity contribution in [2.24, 2.45) is 5.41 Å². The van der Waals surface area contributed by atoms with Gasteiger partial charge in [0.1, 0.15) is 5.69 Å². The third-order valence-electron chi connectivity index (χ3n) is 3.68. The highest BCUT2D eigenvalue weighted by atomic mass is 16.4. The van der Waals surface area contributed by atoms with Gasteiger partial charge in [-0.1, -0.05) is 0 Å². The lowest BCUT2D eigenvalue weighted by atomic mass is 9.82. The summed E-state index contributed by atoms with van der Waals surface area (Å²) in [5.41, 5.74) is -0.460. The maximum atomic E-state index is 12.3. The number of aromatic nitrogens is 2. The molecule has 1 amide bonds. The number of carboxylic acids is 1. The van der Waals surface area contributed by atoms with Gasteiger partial charge in [0.25, 0.3) is 5.91 Å². The van der Waals surface area contributed by atoms with Gasteiger partial charge in [-0.3, -0.25) is 14.3 Å². The molecule has 1 aromatic heterocycles. The Morgan fingerprint density at radius 1 is 1.53 bits per heavy atom. The molecule has 0 aliphatic carbocycles. The van der Waals surface area contributed by atoms with Gasteiger partial charge < -0.3 is 10.0 Å². The molecule has 0 bridgehead atoms. The molecule has 2 rings (SSSR count). The summed E-state index contributed by atoms with van der Waals surface area (Å²) in [6.45, 7) is 5.20. The van der Waals surface area contributed by atoms with Crippen LogP contribution in [-0.2, 0) is 11.3 Å². The SMILES string of the molecule is CCn1ccc(C(=O)N2CCC[C@@](C)(C(=O)O)C2)n1. The van der Waals surface area contributed by atoms with E-state index in [1.165, 1.54) is 0 Å². The van der Waals surface area contributed by atoms with E-state index in [0.29, 0.717) is 31.6 Å². The van der Waals surface area contributed by atoms with Gasteiger partial charge in [-0.05, 0) is 32.8 Å². The summed E-state index contributed by atoms with van der Waals surface area (Å²) in [7, 11) is 0. The number of hydrogen-bond donors (Lipinski definition) is 1. The average molecular weight is 265 g/mol. The Morgan fingerprint density at radius 3 is 2.84 bits per heavy atom. The quantitative estimate of drug-likeness (QED) is 0.892. The molecule has 1 N–H and O–H groups in total. The van der Waals surface area contributed by atoms with Crippen molar-refractivity contribution in [2.75, 3.05) is 13.1 Å². The number of carbonyl (C=O) groups is 2. The topological polar surface area (TPSA) is 75.4 Å². The number of hydrogen-bond acceptors (Lipinski definition) is 3. The summed E-state index contributed by atoms with van der Waals surface area (Å²) in [6, 6.07) is 1.68. The third-order valence-corrected chi connectivity index (χ3v) is 3.68. The van der Waals surface area contributed by atoms with Gasteiger partial charge in [0.15, 0.2) is 0 Å². The van der Waals surface area contributed by atoms with Crippen molar-refractivity contribution in [3.05, 3.63) is 18.0 Å². The van der Waals surface area contributed by atoms with E-state index in [0.717, 1.165) is 0 Å². The zero-order valence-electron chi connectivity index (χ0n) is 11.3. The minimum atomic E-state index is -0.846. The number of rotatable bonds is 3. The smallest absolute Gasteiger partial charge is 0.311 e. The van der Waals surface area contributed by atoms with Gasteiger partial charge in [0.2, 0.25) is 0 Å². The van der Waals surface area contributed by atoms with Crippen molar-refractivity contribution >= 4 is 11.9 Å². The highest BCUT2D eigenvalue weighted by Gasteiger charge is 2.39. The second-order valence-electron chi connectivity index (χ2n) is 5.25. The number of aliphatic carboxylic acids is 1. The summed E-state index contributed by atoms with van der Waals surface area (Å²) in [5, 5.41) is 13.4. The predicted octanol–water partition coefficient (Wildman–Crippen LogP) is 1.23. The van der Waals surface area contributed by atoms with Crippen molar-refractivity contribution in [1.29, 1.82) is 0 Å². The molecule has 2 heterocycles. The number of aryl methyl sites for hydroxylation is 1. The first kappa shape index (κ1) is 13.6. The van der Waals surface area contributed by atoms with E-state index in [2.05, 4.69) is 5.10 Å². The van der Waals surface area contributed by atoms with Crippen LogP contribution >= 0.6 is 0 Å². The molecule has 1 fully saturated rings. The lowest BCUT2D eigenvalue weighted by Gasteiger charge is -2.37. The van der Waals surface area contributed by atoms with Crippen LogP contribution in [-0.4, -0.2) is 44.8 Å². The van der Waals surface area contributed by atoms with Gasteiger partial charge in [-0.2, -0.15) is 5.10 Å². The number of amides is 1. The molecule has 1 aliphatic rings. The van der Waals surface area contributed by atoms with Gasteiger partial charge in [0, 0.05) is 25.8 Å². The number of carbonyl (C=O) groups excluding carboxylic acids is 1. The fraction of sp³-hybridized carbons (Fsp3) is 0.615. The van der Waals surface area contributed by atoms with E-state index in [-0.39, 0.29) is 12.5 Å². The fourth-order valence-corrected chi connectivity index (χ4v) is 2.40. The summed E-state index contributed by atoms with van der Waals surface area (Å²) >= 11 is 0. The molecular formula is C13H19N3O3. The largest absolute Gasteiger partial charge is 0.481 e. The van der Waals surface area contributed by atoms with Crippen molar-refractivity contribution in [3.63, 3.8) is 0 Å². The standard InChI is InChI=1S/C13H19N3O3/c1-3-16-8-5-10(14-16)11(17)15-7-4-6-13(2,9-15)12(18)19/h5,8H,3-4,6-7,9H2,1-2H3,(H,18,19)/t13-/m1/s1. The minimum Gasteiger partial charge on any atom is -0.481 e. The first-order chi connectivity index (χ1) is 8.96. The van der Waals surface area contributed by atoms with Crippen LogP contribution in [0.15, 0.2) is 12.3 Å². The molecule has 1 saturated heterocycles. The van der Waals surface area contributed by atoms with Crippen LogP contribution in [0.1, 0.15) is 37.2 Å². The number of carboxylic acid groups (broad SMARTS) is 1. The normalized spacial score (nSPS) is 23.4. The van der Waals surface area contributed by atoms with Crippen LogP contribution in [0.3, 0.4) is 0 Å². The number of piperidine rings is 1. The molecule has 1 aliphatic heterocycles. The number of likely N-dealkylation sites (tertiary alicyclic amines) is 1. The first-order valence-corrected chi connectivity index (χ1v) is 6.52. The summed E-state index contributed by atoms with van der Waals surface area (Å²) < 4.78 is 1.69. The van der Waals surface area contributed by atoms with E-state index in [9.17, 15) is 14.7 Å². The lowest BCUT2D eigenvalue weighted by Crippen LogP contribution is -2.48. The van der Waals surface area contributed by atoms with Crippen LogP contribution in [0.2, 0.25) is 0 Å². The average Bonchev–Trinajstić information content (AvgIpc) is 2.86. The van der Waals surface area contributed by atoms with Crippen LogP contribution < -0.4 is 0 Å². The summed E-state index contributed by atoms with van der Waals surface area (Å²) in [4.78, 5) is 25.2. The lowest BCUT2D eigenvalue weighted by molar-refractivity contribution is -0.150. The van der Waals surface area contributed by atoms with Gasteiger partial charge >= 0.3 is 5.97 Å². The maximum Gasteiger partial charge on any atom is 0.311 e. The maximum absolute atomic E-state index is 12.3. The molecule has 6 heteroatoms. The van der Waals surface area contributed by atoms with E-state index in [1.54, 1.807) is 28.8 Å². The Hall–Kier alpha value is -1.85. The first-order valence-electron chi connectivity index (χ1n) is 6.52. The summed E-state index contributed by atoms with van der Waals surface area (Å²) in [6.07, 6.45) is 3.08. The molecule has 0 radical (unpaired) electrons. The Morgan fingerprint density at radius 2 is 2.26 bits per heavy atom. The third kappa shape index (κ3) is 2.62. The highest BCUT2D eigenvalue weighted by Crippen LogP contribution is 2.30. The monoisotopic (exact) mass is 265 g/mol. The van der Waals surface area contributed by atoms with E-state index < -0.39 is 11.4 Å². The van der Waals surface area contributed by atoms with Crippen molar-refractivity contribution in [1.82, 2.24) is 14.7 Å². The molecule has 19 heavy (non-hydrogen) atoms. The van der Waals surface area contributed by atoms with Crippen molar-refractivity contribution in [3.8, 4) is 0 Å². The highest BCUT2D eigenvalue weighted by molar-refractivity contribution is 5.92. The molecule has 0 unspecified atom stereocenters.